The second-order valence-corrected chi connectivity index (χ2v) is 24.5. The number of fused-ring (bicyclic) bond motifs is 4. The van der Waals surface area contributed by atoms with Crippen molar-refractivity contribution < 1.29 is 54.5 Å². The van der Waals surface area contributed by atoms with Gasteiger partial charge < -0.3 is 10.6 Å². The lowest BCUT2D eigenvalue weighted by Gasteiger charge is -2.25. The number of hydrogen-bond donors (Lipinski definition) is 2. The molecule has 2 amide bonds. The van der Waals surface area contributed by atoms with Crippen molar-refractivity contribution in [3.05, 3.63) is 361 Å². The highest BCUT2D eigenvalue weighted by Gasteiger charge is 2.30. The molecule has 518 valence electrons. The van der Waals surface area contributed by atoms with Crippen LogP contribution in [0.1, 0.15) is 20.7 Å². The van der Waals surface area contributed by atoms with E-state index in [0.717, 1.165) is 10.8 Å². The standard InChI is InChI=1S/2C44H26F4N2O.C2H6O2/c2*45-31-17-9-26(10-18-31)38-35-6-2-7-36(44(51)50-37-8-1-4-30-5-3-25-49-43(30)37)42(35)41(29-15-23-34(48)24-16-29)40(28-13-21-33(47)22-14-28)39(38)27-11-19-32(46)20-12-27;1-3-4-2/h2*1-25H,(H,50,51);1-2H3. The number of nitrogens with zero attached hydrogens (tertiary/aromatic N) is 2. The van der Waals surface area contributed by atoms with Gasteiger partial charge in [-0.3, -0.25) is 19.6 Å². The van der Waals surface area contributed by atoms with Crippen LogP contribution in [0.4, 0.5) is 46.5 Å². The summed E-state index contributed by atoms with van der Waals surface area (Å²) in [7, 11) is 2.92. The third-order valence-corrected chi connectivity index (χ3v) is 18.1. The molecule has 0 fully saturated rings. The smallest absolute Gasteiger partial charge is 0.256 e. The van der Waals surface area contributed by atoms with Crippen molar-refractivity contribution in [3.63, 3.8) is 0 Å². The van der Waals surface area contributed by atoms with Gasteiger partial charge in [0.1, 0.15) is 46.5 Å². The van der Waals surface area contributed by atoms with Gasteiger partial charge in [-0.05, 0) is 233 Å². The summed E-state index contributed by atoms with van der Waals surface area (Å²) in [6.45, 7) is 0. The maximum atomic E-state index is 14.5. The first-order valence-electron chi connectivity index (χ1n) is 33.3. The van der Waals surface area contributed by atoms with E-state index in [1.807, 2.05) is 60.7 Å². The van der Waals surface area contributed by atoms with E-state index in [9.17, 15) is 44.7 Å². The number of rotatable bonds is 13. The number of nitrogens with one attached hydrogen (secondary N) is 2. The summed E-state index contributed by atoms with van der Waals surface area (Å²) in [6.07, 6.45) is 3.31. The van der Waals surface area contributed by atoms with E-state index in [-0.39, 0.29) is 0 Å². The zero-order valence-corrected chi connectivity index (χ0v) is 56.4. The molecule has 8 nitrogen and oxygen atoms in total. The molecule has 0 unspecified atom stereocenters. The summed E-state index contributed by atoms with van der Waals surface area (Å²) in [5.41, 5.74) is 12.6. The fourth-order valence-corrected chi connectivity index (χ4v) is 13.5. The molecule has 0 atom stereocenters. The molecule has 0 radical (unpaired) electrons. The number of amides is 2. The van der Waals surface area contributed by atoms with Crippen LogP contribution in [-0.4, -0.2) is 36.0 Å². The Labute approximate surface area is 603 Å². The van der Waals surface area contributed by atoms with E-state index in [2.05, 4.69) is 30.4 Å². The molecular weight excluding hydrogens is 1350 g/mol. The van der Waals surface area contributed by atoms with Crippen molar-refractivity contribution >= 4 is 66.5 Å². The summed E-state index contributed by atoms with van der Waals surface area (Å²) in [5, 5.41) is 10.1. The quantitative estimate of drug-likeness (QED) is 0.0677. The number of halogens is 8. The highest BCUT2D eigenvalue weighted by Crippen LogP contribution is 2.54. The van der Waals surface area contributed by atoms with Gasteiger partial charge in [-0.2, -0.15) is 0 Å². The Balaban J connectivity index is 0.000000170. The third kappa shape index (κ3) is 14.3. The normalized spacial score (nSPS) is 11.1. The van der Waals surface area contributed by atoms with E-state index in [4.69, 9.17) is 0 Å². The predicted octanol–water partition coefficient (Wildman–Crippen LogP) is 23.9. The van der Waals surface area contributed by atoms with Crippen LogP contribution in [-0.2, 0) is 9.78 Å². The van der Waals surface area contributed by atoms with Crippen LogP contribution in [0.5, 0.6) is 0 Å². The van der Waals surface area contributed by atoms with Gasteiger partial charge >= 0.3 is 0 Å². The van der Waals surface area contributed by atoms with E-state index >= 15 is 0 Å². The van der Waals surface area contributed by atoms with Crippen molar-refractivity contribution in [3.8, 4) is 89.0 Å². The maximum absolute atomic E-state index is 14.5. The SMILES string of the molecule is COOC.O=C(Nc1cccc2cccnc12)c1cccc2c(-c3ccc(F)cc3)c(-c3ccc(F)cc3)c(-c3ccc(F)cc3)c(-c3ccc(F)cc3)c12.O=C(Nc1cccc2cccnc12)c1cccc2c(-c3ccc(F)cc3)c(-c3ccc(F)cc3)c(-c3ccc(F)cc3)c(-c3ccc(F)cc3)c12. The molecule has 0 aliphatic rings. The van der Waals surface area contributed by atoms with Crippen LogP contribution in [0, 0.1) is 46.5 Å². The number of anilines is 2. The van der Waals surface area contributed by atoms with Gasteiger partial charge in [0, 0.05) is 45.1 Å². The summed E-state index contributed by atoms with van der Waals surface area (Å²) >= 11 is 0. The number of hydrogen-bond acceptors (Lipinski definition) is 6. The number of para-hydroxylation sites is 2. The van der Waals surface area contributed by atoms with Crippen LogP contribution in [0.25, 0.3) is 132 Å². The largest absolute Gasteiger partial charge is 0.320 e. The number of carbonyl (C=O) groups is 2. The molecule has 2 heterocycles. The van der Waals surface area contributed by atoms with Crippen LogP contribution >= 0.6 is 0 Å². The van der Waals surface area contributed by atoms with E-state index in [0.29, 0.717) is 144 Å². The predicted molar refractivity (Wildman–Crippen MR) is 404 cm³/mol. The van der Waals surface area contributed by atoms with Gasteiger partial charge in [-0.25, -0.2) is 44.9 Å². The van der Waals surface area contributed by atoms with Crippen molar-refractivity contribution in [2.24, 2.45) is 0 Å². The topological polar surface area (TPSA) is 102 Å². The lowest BCUT2D eigenvalue weighted by Crippen LogP contribution is -2.14. The molecule has 0 saturated carbocycles. The molecule has 0 spiro atoms. The zero-order chi connectivity index (χ0) is 73.5. The first-order chi connectivity index (χ1) is 51.6. The Morgan fingerprint density at radius 1 is 0.264 bits per heavy atom. The fraction of sp³-hybridized carbons (Fsp3) is 0.0222. The van der Waals surface area contributed by atoms with Crippen LogP contribution in [0.3, 0.4) is 0 Å². The van der Waals surface area contributed by atoms with Crippen LogP contribution < -0.4 is 10.6 Å². The molecule has 2 aromatic heterocycles. The maximum Gasteiger partial charge on any atom is 0.256 e. The summed E-state index contributed by atoms with van der Waals surface area (Å²) < 4.78 is 116. The Morgan fingerprint density at radius 3 is 0.755 bits per heavy atom. The Hall–Kier alpha value is -13.3. The summed E-state index contributed by atoms with van der Waals surface area (Å²) in [6, 6.07) is 77.0. The fourth-order valence-electron chi connectivity index (χ4n) is 13.5. The van der Waals surface area contributed by atoms with E-state index in [1.165, 1.54) is 111 Å². The van der Waals surface area contributed by atoms with Crippen molar-refractivity contribution in [1.29, 1.82) is 0 Å². The number of aromatic nitrogens is 2. The Kier molecular flexibility index (Phi) is 20.2. The summed E-state index contributed by atoms with van der Waals surface area (Å²) in [5.74, 6) is -4.39. The summed E-state index contributed by atoms with van der Waals surface area (Å²) in [4.78, 5) is 46.2. The number of pyridine rings is 2. The van der Waals surface area contributed by atoms with Gasteiger partial charge in [-0.15, -0.1) is 0 Å². The molecule has 0 aliphatic heterocycles. The van der Waals surface area contributed by atoms with E-state index < -0.39 is 58.4 Å². The monoisotopic (exact) mass is 1410 g/mol. The van der Waals surface area contributed by atoms with Gasteiger partial charge in [0.2, 0.25) is 0 Å². The third-order valence-electron chi connectivity index (χ3n) is 18.1. The number of carbonyl (C=O) groups excluding carboxylic acids is 2. The van der Waals surface area contributed by atoms with Crippen molar-refractivity contribution in [2.45, 2.75) is 0 Å². The lowest BCUT2D eigenvalue weighted by molar-refractivity contribution is -0.248. The lowest BCUT2D eigenvalue weighted by atomic mass is 9.78. The minimum atomic E-state index is -0.450. The second kappa shape index (κ2) is 30.7. The first-order valence-corrected chi connectivity index (χ1v) is 33.3. The average molecular weight is 1410 g/mol. The van der Waals surface area contributed by atoms with Gasteiger partial charge in [0.05, 0.1) is 36.6 Å². The minimum Gasteiger partial charge on any atom is -0.320 e. The molecule has 0 bridgehead atoms. The molecular formula is C90H58F8N4O4. The molecule has 16 rings (SSSR count). The minimum absolute atomic E-state index is 0.303. The Morgan fingerprint density at radius 2 is 0.491 bits per heavy atom. The average Bonchev–Trinajstić information content (AvgIpc) is 0.721. The van der Waals surface area contributed by atoms with Crippen molar-refractivity contribution in [1.82, 2.24) is 9.97 Å². The van der Waals surface area contributed by atoms with Gasteiger partial charge in [0.15, 0.2) is 0 Å². The molecule has 2 N–H and O–H groups in total. The van der Waals surface area contributed by atoms with Crippen molar-refractivity contribution in [2.75, 3.05) is 24.9 Å². The molecule has 16 heteroatoms. The second-order valence-electron chi connectivity index (χ2n) is 24.5. The highest BCUT2D eigenvalue weighted by atomic mass is 19.2. The van der Waals surface area contributed by atoms with Gasteiger partial charge in [-0.1, -0.05) is 158 Å². The zero-order valence-electron chi connectivity index (χ0n) is 56.4. The highest BCUT2D eigenvalue weighted by molar-refractivity contribution is 6.27. The molecule has 14 aromatic carbocycles. The number of benzene rings is 14. The molecule has 106 heavy (non-hydrogen) atoms. The molecule has 0 aliphatic carbocycles. The first kappa shape index (κ1) is 69.8. The molecule has 0 saturated heterocycles. The van der Waals surface area contributed by atoms with Crippen LogP contribution in [0.15, 0.2) is 304 Å². The molecule has 16 aromatic rings. The van der Waals surface area contributed by atoms with Gasteiger partial charge in [0.25, 0.3) is 11.8 Å². The Bertz CT molecular complexity index is 5570. The van der Waals surface area contributed by atoms with Crippen LogP contribution in [0.2, 0.25) is 0 Å². The van der Waals surface area contributed by atoms with E-state index in [1.54, 1.807) is 146 Å².